The molecule has 2 aromatic rings. The summed E-state index contributed by atoms with van der Waals surface area (Å²) in [6, 6.07) is 16.7. The molecular formula is C13H9BrK3O5P. The maximum atomic E-state index is 11.9. The van der Waals surface area contributed by atoms with Crippen LogP contribution in [0, 0.1) is 0 Å². The van der Waals surface area contributed by atoms with E-state index in [1.807, 2.05) is 54.6 Å². The Hall–Kier alpha value is 3.48. The zero-order valence-electron chi connectivity index (χ0n) is 13.1. The molecule has 0 aliphatic rings. The van der Waals surface area contributed by atoms with E-state index in [-0.39, 0.29) is 57.2 Å². The van der Waals surface area contributed by atoms with Gasteiger partial charge in [0.1, 0.15) is 0 Å². The summed E-state index contributed by atoms with van der Waals surface area (Å²) < 4.78 is 12.3. The van der Waals surface area contributed by atoms with Crippen LogP contribution in [0.2, 0.25) is 0 Å². The van der Waals surface area contributed by atoms with Crippen molar-refractivity contribution in [2.24, 2.45) is 0 Å². The van der Waals surface area contributed by atoms with Crippen LogP contribution in [0.25, 0.3) is 0 Å². The van der Waals surface area contributed by atoms with Crippen molar-refractivity contribution in [2.45, 2.75) is 0 Å². The van der Waals surface area contributed by atoms with Crippen molar-refractivity contribution in [3.63, 3.8) is 0 Å². The van der Waals surface area contributed by atoms with Crippen molar-refractivity contribution < 1.29 is 75.6 Å². The fourth-order valence-corrected chi connectivity index (χ4v) is 1.62. The van der Waals surface area contributed by atoms with E-state index >= 15 is 0 Å². The third-order valence-electron chi connectivity index (χ3n) is 2.20. The molecule has 5 nitrogen and oxygen atoms in total. The Morgan fingerprint density at radius 1 is 1.00 bits per heavy atom. The van der Waals surface area contributed by atoms with Gasteiger partial charge in [0.25, 0.3) is 0 Å². The number of rotatable bonds is 3. The summed E-state index contributed by atoms with van der Waals surface area (Å²) in [5.41, 5.74) is 1.43. The average Bonchev–Trinajstić information content (AvgIpc) is 2.58. The van der Waals surface area contributed by atoms with Crippen molar-refractivity contribution in [3.8, 4) is 0 Å². The molecule has 106 valence electrons. The summed E-state index contributed by atoms with van der Waals surface area (Å²) in [6.07, 6.45) is 0. The summed E-state index contributed by atoms with van der Waals surface area (Å²) in [6.45, 7) is 0. The van der Waals surface area contributed by atoms with Crippen LogP contribution in [-0.4, -0.2) is 68.9 Å². The topological polar surface area (TPSA) is 89.5 Å². The average molecular weight is 473 g/mol. The fraction of sp³-hybridized carbons (Fsp3) is 0. The van der Waals surface area contributed by atoms with Gasteiger partial charge >= 0.3 is 123 Å². The monoisotopic (exact) mass is 472 g/mol. The van der Waals surface area contributed by atoms with Gasteiger partial charge in [-0.2, -0.15) is 0 Å². The fourth-order valence-electron chi connectivity index (χ4n) is 1.36. The Kier molecular flexibility index (Phi) is 23.5. The Labute approximate surface area is 232 Å². The van der Waals surface area contributed by atoms with Crippen LogP contribution in [0.1, 0.15) is 15.9 Å². The minimum atomic E-state index is -3.15. The molecular weight excluding hydrogens is 464 g/mol. The molecule has 0 heterocycles. The van der Waals surface area contributed by atoms with Gasteiger partial charge in [0, 0.05) is 15.6 Å². The third-order valence-corrected chi connectivity index (χ3v) is 2.85. The molecule has 0 spiro atoms. The summed E-state index contributed by atoms with van der Waals surface area (Å²) in [7, 11) is -3.15. The normalized spacial score (nSPS) is 9.26. The van der Waals surface area contributed by atoms with Gasteiger partial charge in [0.05, 0.1) is 0 Å². The van der Waals surface area contributed by atoms with Gasteiger partial charge in [0.15, 0.2) is 5.78 Å². The summed E-state index contributed by atoms with van der Waals surface area (Å²) >= 11 is 5.84. The predicted molar refractivity (Wildman–Crippen MR) is 84.2 cm³/mol. The SMILES string of the molecule is O=C(c1ccccc1)c1ccc(Br)cc1.O=[P+]([O-])O[O-].[K+].[K][K]. The van der Waals surface area contributed by atoms with E-state index in [0.717, 1.165) is 10.0 Å². The molecule has 10 heteroatoms. The first-order chi connectivity index (χ1) is 10.5. The first kappa shape index (κ1) is 28.7. The molecule has 0 aliphatic heterocycles. The molecule has 0 saturated carbocycles. The second-order valence-corrected chi connectivity index (χ2v) is 5.01. The van der Waals surface area contributed by atoms with Crippen LogP contribution in [0.15, 0.2) is 59.1 Å². The molecule has 1 unspecified atom stereocenters. The van der Waals surface area contributed by atoms with Crippen LogP contribution in [0.3, 0.4) is 0 Å². The number of halogens is 1. The molecule has 0 aromatic heterocycles. The number of hydrogen-bond acceptors (Lipinski definition) is 5. The van der Waals surface area contributed by atoms with E-state index in [2.05, 4.69) is 20.6 Å². The molecule has 1 atom stereocenters. The summed E-state index contributed by atoms with van der Waals surface area (Å²) in [5.74, 6) is 0.0584. The summed E-state index contributed by atoms with van der Waals surface area (Å²) in [4.78, 5) is 20.8. The first-order valence-electron chi connectivity index (χ1n) is 6.34. The molecule has 2 rings (SSSR count). The zero-order valence-corrected chi connectivity index (χ0v) is 24.9. The van der Waals surface area contributed by atoms with Gasteiger partial charge in [0.2, 0.25) is 0 Å². The first-order valence-corrected chi connectivity index (χ1v) is 24.2. The second-order valence-electron chi connectivity index (χ2n) is 3.50. The van der Waals surface area contributed by atoms with Crippen LogP contribution in [0.4, 0.5) is 0 Å². The van der Waals surface area contributed by atoms with Gasteiger partial charge in [-0.25, -0.2) is 4.67 Å². The van der Waals surface area contributed by atoms with E-state index in [9.17, 15) is 4.79 Å². The van der Waals surface area contributed by atoms with Crippen LogP contribution < -0.4 is 61.5 Å². The molecule has 23 heavy (non-hydrogen) atoms. The molecule has 0 amide bonds. The maximum absolute atomic E-state index is 11.9. The Balaban J connectivity index is 0. The number of ketones is 1. The minimum absolute atomic E-state index is 0. The quantitative estimate of drug-likeness (QED) is 0.173. The number of carbonyl (C=O) groups is 1. The Morgan fingerprint density at radius 2 is 1.39 bits per heavy atom. The number of benzene rings is 2. The van der Waals surface area contributed by atoms with Gasteiger partial charge < -0.3 is 10.2 Å². The number of hydrogen-bond donors (Lipinski definition) is 0. The molecule has 0 saturated heterocycles. The predicted octanol–water partition coefficient (Wildman–Crippen LogP) is -1.78. The third kappa shape index (κ3) is 14.2. The molecule has 0 N–H and O–H groups in total. The van der Waals surface area contributed by atoms with E-state index in [1.165, 1.54) is 63.2 Å². The van der Waals surface area contributed by atoms with Crippen molar-refractivity contribution in [2.75, 3.05) is 0 Å². The number of carbonyl (C=O) groups excluding carboxylic acids is 1. The summed E-state index contributed by atoms with van der Waals surface area (Å²) in [5, 5.41) is 8.53. The van der Waals surface area contributed by atoms with E-state index in [4.69, 9.17) is 14.7 Å². The van der Waals surface area contributed by atoms with Crippen LogP contribution >= 0.6 is 24.2 Å². The molecule has 0 fully saturated rings. The zero-order chi connectivity index (χ0) is 17.0. The van der Waals surface area contributed by atoms with Gasteiger partial charge in [-0.05, 0) is 28.8 Å². The van der Waals surface area contributed by atoms with Crippen LogP contribution in [0.5, 0.6) is 0 Å². The van der Waals surface area contributed by atoms with E-state index < -0.39 is 8.25 Å². The molecule has 0 aliphatic carbocycles. The van der Waals surface area contributed by atoms with Crippen LogP contribution in [-0.2, 0) is 9.24 Å². The van der Waals surface area contributed by atoms with E-state index in [0.29, 0.717) is 5.56 Å². The van der Waals surface area contributed by atoms with Crippen molar-refractivity contribution in [1.82, 2.24) is 0 Å². The van der Waals surface area contributed by atoms with Crippen molar-refractivity contribution in [1.29, 1.82) is 0 Å². The van der Waals surface area contributed by atoms with Gasteiger partial charge in [-0.1, -0.05) is 46.3 Å². The van der Waals surface area contributed by atoms with Crippen molar-refractivity contribution >= 4 is 93.1 Å². The van der Waals surface area contributed by atoms with Gasteiger partial charge in [-0.15, -0.1) is 0 Å². The second kappa shape index (κ2) is 18.8. The van der Waals surface area contributed by atoms with E-state index in [1.54, 1.807) is 0 Å². The molecule has 0 bridgehead atoms. The van der Waals surface area contributed by atoms with Crippen molar-refractivity contribution in [3.05, 3.63) is 70.2 Å². The van der Waals surface area contributed by atoms with Gasteiger partial charge in [-0.3, -0.25) is 4.79 Å². The molecule has 2 aromatic carbocycles. The Morgan fingerprint density at radius 3 is 1.78 bits per heavy atom. The Bertz CT molecular complexity index is 584. The standard InChI is InChI=1S/C13H9BrO.3K.HO4P/c14-12-8-6-11(7-9-12)13(15)10-4-2-1-3-5-10;;;;1-4-5(2)3/h1-9H;;;;1H/q;;;+1;/p-1. The molecule has 0 radical (unpaired) electrons.